The largest absolute Gasteiger partial charge is 0.508 e. The van der Waals surface area contributed by atoms with Gasteiger partial charge in [-0.15, -0.1) is 0 Å². The van der Waals surface area contributed by atoms with Crippen molar-refractivity contribution in [3.05, 3.63) is 54.1 Å². The summed E-state index contributed by atoms with van der Waals surface area (Å²) in [4.78, 5) is 1.74. The van der Waals surface area contributed by atoms with Crippen LogP contribution in [0.1, 0.15) is 5.56 Å². The van der Waals surface area contributed by atoms with Crippen LogP contribution in [0.5, 0.6) is 5.75 Å². The van der Waals surface area contributed by atoms with E-state index in [1.165, 1.54) is 24.3 Å². The third-order valence-corrected chi connectivity index (χ3v) is 2.82. The number of hydrogen-bond donors (Lipinski definition) is 1. The predicted octanol–water partition coefficient (Wildman–Crippen LogP) is 4.18. The fourth-order valence-electron chi connectivity index (χ4n) is 1.70. The number of anilines is 2. The molecule has 0 amide bonds. The summed E-state index contributed by atoms with van der Waals surface area (Å²) >= 11 is 0. The van der Waals surface area contributed by atoms with Crippen LogP contribution in [-0.4, -0.2) is 12.2 Å². The van der Waals surface area contributed by atoms with Crippen molar-refractivity contribution in [2.24, 2.45) is 0 Å². The third-order valence-electron chi connectivity index (χ3n) is 2.82. The van der Waals surface area contributed by atoms with Gasteiger partial charge in [0.2, 0.25) is 0 Å². The van der Waals surface area contributed by atoms with Gasteiger partial charge in [0.25, 0.3) is 0 Å². The Labute approximate surface area is 108 Å². The molecule has 2 rings (SSSR count). The number of alkyl halides is 3. The Kier molecular flexibility index (Phi) is 3.38. The molecule has 2 aromatic rings. The highest BCUT2D eigenvalue weighted by Crippen LogP contribution is 2.32. The minimum atomic E-state index is -4.32. The fraction of sp³-hybridized carbons (Fsp3) is 0.143. The lowest BCUT2D eigenvalue weighted by Crippen LogP contribution is -2.10. The zero-order valence-corrected chi connectivity index (χ0v) is 10.1. The highest BCUT2D eigenvalue weighted by Gasteiger charge is 2.30. The van der Waals surface area contributed by atoms with Crippen LogP contribution < -0.4 is 4.90 Å². The molecule has 0 atom stereocenters. The lowest BCUT2D eigenvalue weighted by molar-refractivity contribution is -0.137. The van der Waals surface area contributed by atoms with Crippen LogP contribution in [0.4, 0.5) is 24.5 Å². The van der Waals surface area contributed by atoms with Gasteiger partial charge in [-0.25, -0.2) is 0 Å². The Hall–Kier alpha value is -2.17. The number of halogens is 3. The second-order valence-electron chi connectivity index (χ2n) is 4.12. The first kappa shape index (κ1) is 13.3. The van der Waals surface area contributed by atoms with E-state index in [9.17, 15) is 18.3 Å². The van der Waals surface area contributed by atoms with Gasteiger partial charge in [-0.3, -0.25) is 0 Å². The predicted molar refractivity (Wildman–Crippen MR) is 67.6 cm³/mol. The van der Waals surface area contributed by atoms with Crippen LogP contribution in [0, 0.1) is 0 Å². The van der Waals surface area contributed by atoms with Crippen molar-refractivity contribution in [3.8, 4) is 5.75 Å². The van der Waals surface area contributed by atoms with Gasteiger partial charge in [-0.05, 0) is 48.5 Å². The molecule has 0 aromatic heterocycles. The van der Waals surface area contributed by atoms with Crippen molar-refractivity contribution in [2.45, 2.75) is 6.18 Å². The quantitative estimate of drug-likeness (QED) is 0.882. The molecule has 0 saturated carbocycles. The fourth-order valence-corrected chi connectivity index (χ4v) is 1.70. The number of aromatic hydroxyl groups is 1. The SMILES string of the molecule is CN(c1ccc(O)cc1)c1ccc(C(F)(F)F)cc1. The maximum Gasteiger partial charge on any atom is 0.416 e. The summed E-state index contributed by atoms with van der Waals surface area (Å²) in [5.74, 6) is 0.143. The normalized spacial score (nSPS) is 11.4. The zero-order valence-electron chi connectivity index (χ0n) is 10.1. The van der Waals surface area contributed by atoms with Crippen molar-refractivity contribution in [2.75, 3.05) is 11.9 Å². The van der Waals surface area contributed by atoms with Crippen LogP contribution in [0.2, 0.25) is 0 Å². The number of benzene rings is 2. The molecule has 1 N–H and O–H groups in total. The van der Waals surface area contributed by atoms with Crippen LogP contribution in [0.15, 0.2) is 48.5 Å². The average Bonchev–Trinajstić information content (AvgIpc) is 2.38. The Bertz CT molecular complexity index is 546. The van der Waals surface area contributed by atoms with Gasteiger partial charge in [-0.2, -0.15) is 13.2 Å². The lowest BCUT2D eigenvalue weighted by Gasteiger charge is -2.20. The van der Waals surface area contributed by atoms with Crippen LogP contribution in [0.3, 0.4) is 0 Å². The second kappa shape index (κ2) is 4.84. The van der Waals surface area contributed by atoms with Crippen molar-refractivity contribution in [3.63, 3.8) is 0 Å². The van der Waals surface area contributed by atoms with Gasteiger partial charge < -0.3 is 10.0 Å². The smallest absolute Gasteiger partial charge is 0.416 e. The standard InChI is InChI=1S/C14H12F3NO/c1-18(12-6-8-13(19)9-7-12)11-4-2-10(3-5-11)14(15,16)17/h2-9,19H,1H3. The maximum absolute atomic E-state index is 12.4. The third kappa shape index (κ3) is 2.99. The topological polar surface area (TPSA) is 23.5 Å². The summed E-state index contributed by atoms with van der Waals surface area (Å²) in [6.45, 7) is 0. The molecule has 0 bridgehead atoms. The molecule has 0 spiro atoms. The van der Waals surface area contributed by atoms with Crippen molar-refractivity contribution >= 4 is 11.4 Å². The van der Waals surface area contributed by atoms with Gasteiger partial charge in [-0.1, -0.05) is 0 Å². The zero-order chi connectivity index (χ0) is 14.0. The molecule has 19 heavy (non-hydrogen) atoms. The molecule has 0 heterocycles. The van der Waals surface area contributed by atoms with E-state index < -0.39 is 11.7 Å². The number of phenols is 1. The molecule has 0 unspecified atom stereocenters. The molecular weight excluding hydrogens is 255 g/mol. The van der Waals surface area contributed by atoms with E-state index in [0.717, 1.165) is 17.8 Å². The highest BCUT2D eigenvalue weighted by atomic mass is 19.4. The van der Waals surface area contributed by atoms with E-state index in [1.54, 1.807) is 24.1 Å². The lowest BCUT2D eigenvalue weighted by atomic mass is 10.2. The monoisotopic (exact) mass is 267 g/mol. The van der Waals surface area contributed by atoms with E-state index >= 15 is 0 Å². The summed E-state index contributed by atoms with van der Waals surface area (Å²) < 4.78 is 37.3. The highest BCUT2D eigenvalue weighted by molar-refractivity contribution is 5.63. The minimum Gasteiger partial charge on any atom is -0.508 e. The molecule has 0 radical (unpaired) electrons. The van der Waals surface area contributed by atoms with Crippen LogP contribution >= 0.6 is 0 Å². The first-order chi connectivity index (χ1) is 8.88. The summed E-state index contributed by atoms with van der Waals surface area (Å²) in [5.41, 5.74) is 0.742. The van der Waals surface area contributed by atoms with E-state index in [0.29, 0.717) is 5.69 Å². The molecule has 0 aliphatic carbocycles. The van der Waals surface area contributed by atoms with E-state index in [1.807, 2.05) is 0 Å². The van der Waals surface area contributed by atoms with E-state index in [-0.39, 0.29) is 5.75 Å². The minimum absolute atomic E-state index is 0.143. The second-order valence-corrected chi connectivity index (χ2v) is 4.12. The molecular formula is C14H12F3NO. The summed E-state index contributed by atoms with van der Waals surface area (Å²) in [5, 5.41) is 9.19. The van der Waals surface area contributed by atoms with Crippen molar-refractivity contribution in [1.29, 1.82) is 0 Å². The summed E-state index contributed by atoms with van der Waals surface area (Å²) in [6, 6.07) is 11.3. The molecule has 0 aliphatic heterocycles. The van der Waals surface area contributed by atoms with Gasteiger partial charge in [0.05, 0.1) is 5.56 Å². The van der Waals surface area contributed by atoms with Gasteiger partial charge in [0.15, 0.2) is 0 Å². The summed E-state index contributed by atoms with van der Waals surface area (Å²) in [7, 11) is 1.75. The van der Waals surface area contributed by atoms with Crippen LogP contribution in [-0.2, 0) is 6.18 Å². The maximum atomic E-state index is 12.4. The molecule has 0 fully saturated rings. The Morgan fingerprint density at radius 1 is 0.842 bits per heavy atom. The van der Waals surface area contributed by atoms with E-state index in [4.69, 9.17) is 0 Å². The number of nitrogens with zero attached hydrogens (tertiary/aromatic N) is 1. The Morgan fingerprint density at radius 2 is 1.26 bits per heavy atom. The van der Waals surface area contributed by atoms with Crippen molar-refractivity contribution in [1.82, 2.24) is 0 Å². The van der Waals surface area contributed by atoms with E-state index in [2.05, 4.69) is 0 Å². The van der Waals surface area contributed by atoms with Gasteiger partial charge >= 0.3 is 6.18 Å². The Balaban J connectivity index is 2.25. The molecule has 2 aromatic carbocycles. The number of rotatable bonds is 2. The first-order valence-corrected chi connectivity index (χ1v) is 5.58. The van der Waals surface area contributed by atoms with Crippen molar-refractivity contribution < 1.29 is 18.3 Å². The van der Waals surface area contributed by atoms with Gasteiger partial charge in [0, 0.05) is 18.4 Å². The molecule has 100 valence electrons. The number of hydrogen-bond acceptors (Lipinski definition) is 2. The van der Waals surface area contributed by atoms with Crippen LogP contribution in [0.25, 0.3) is 0 Å². The summed E-state index contributed by atoms with van der Waals surface area (Å²) in [6.07, 6.45) is -4.32. The number of phenolic OH excluding ortho intramolecular Hbond substituents is 1. The molecule has 2 nitrogen and oxygen atoms in total. The first-order valence-electron chi connectivity index (χ1n) is 5.58. The Morgan fingerprint density at radius 3 is 1.68 bits per heavy atom. The average molecular weight is 267 g/mol. The molecule has 5 heteroatoms. The van der Waals surface area contributed by atoms with Gasteiger partial charge in [0.1, 0.15) is 5.75 Å². The molecule has 0 saturated heterocycles. The molecule has 0 aliphatic rings.